The number of amides is 5. The molecule has 5 amide bonds. The lowest BCUT2D eigenvalue weighted by molar-refractivity contribution is -0.147. The molecule has 1 fully saturated rings. The third kappa shape index (κ3) is 9.18. The highest BCUT2D eigenvalue weighted by molar-refractivity contribution is 6.31. The molecule has 0 bridgehead atoms. The molecule has 0 aromatic heterocycles. The molecule has 2 aliphatic rings. The summed E-state index contributed by atoms with van der Waals surface area (Å²) in [5.74, 6) is -1.60. The number of nitrogens with zero attached hydrogens (tertiary/aromatic N) is 2. The molecule has 4 atom stereocenters. The molecule has 4 rings (SSSR count). The highest BCUT2D eigenvalue weighted by Gasteiger charge is 2.36. The van der Waals surface area contributed by atoms with E-state index in [-0.39, 0.29) is 62.8 Å². The van der Waals surface area contributed by atoms with Gasteiger partial charge in [-0.05, 0) is 62.1 Å². The summed E-state index contributed by atoms with van der Waals surface area (Å²) in [6.07, 6.45) is -1.34. The van der Waals surface area contributed by atoms with Crippen molar-refractivity contribution in [1.29, 1.82) is 0 Å². The van der Waals surface area contributed by atoms with Crippen molar-refractivity contribution >= 4 is 47.0 Å². The van der Waals surface area contributed by atoms with Crippen molar-refractivity contribution < 1.29 is 33.8 Å². The Hall–Kier alpha value is -4.16. The van der Waals surface area contributed by atoms with Crippen LogP contribution in [0, 0.1) is 6.92 Å². The van der Waals surface area contributed by atoms with Crippen LogP contribution in [0.5, 0.6) is 0 Å². The molecule has 2 heterocycles. The number of fused-ring (bicyclic) bond motifs is 1. The van der Waals surface area contributed by atoms with Gasteiger partial charge in [-0.2, -0.15) is 0 Å². The summed E-state index contributed by atoms with van der Waals surface area (Å²) in [4.78, 5) is 67.9. The number of carboxylic acid groups (broad SMARTS) is 1. The fraction of sp³-hybridized carbons (Fsp3) is 0.469. The molecular formula is C32H40ClN5O7. The Morgan fingerprint density at radius 3 is 2.33 bits per heavy atom. The second-order valence-corrected chi connectivity index (χ2v) is 12.0. The molecule has 242 valence electrons. The van der Waals surface area contributed by atoms with E-state index in [1.807, 2.05) is 38.1 Å². The Kier molecular flexibility index (Phi) is 11.4. The maximum atomic E-state index is 13.8. The Bertz CT molecular complexity index is 1430. The van der Waals surface area contributed by atoms with Crippen LogP contribution in [-0.4, -0.2) is 88.6 Å². The third-order valence-corrected chi connectivity index (χ3v) is 8.39. The number of rotatable bonds is 10. The van der Waals surface area contributed by atoms with Gasteiger partial charge < -0.3 is 35.6 Å². The second-order valence-electron chi connectivity index (χ2n) is 11.6. The van der Waals surface area contributed by atoms with Gasteiger partial charge in [-0.25, -0.2) is 4.79 Å². The lowest BCUT2D eigenvalue weighted by atomic mass is 9.92. The number of benzene rings is 2. The Morgan fingerprint density at radius 2 is 1.67 bits per heavy atom. The monoisotopic (exact) mass is 641 g/mol. The van der Waals surface area contributed by atoms with Crippen molar-refractivity contribution in [2.45, 2.75) is 77.3 Å². The van der Waals surface area contributed by atoms with Crippen LogP contribution >= 0.6 is 11.6 Å². The van der Waals surface area contributed by atoms with E-state index in [1.165, 1.54) is 4.90 Å². The first kappa shape index (κ1) is 33.7. The highest BCUT2D eigenvalue weighted by Crippen LogP contribution is 2.25. The molecule has 2 aromatic rings. The predicted molar refractivity (Wildman–Crippen MR) is 168 cm³/mol. The van der Waals surface area contributed by atoms with Crippen LogP contribution in [0.25, 0.3) is 0 Å². The van der Waals surface area contributed by atoms with Crippen LogP contribution in [0.1, 0.15) is 49.8 Å². The molecular weight excluding hydrogens is 602 g/mol. The topological polar surface area (TPSA) is 157 Å². The SMILES string of the molecule is Cc1cc(NC(=O)[C@H](CCNC(=O)O)NC(=O)[C@@H]2Cc3ccccc3CN2C(=O)CCC(=O)N2C[C@@H](C)O[C@@H](C)C2)ccc1Cl. The van der Waals surface area contributed by atoms with Gasteiger partial charge in [-0.3, -0.25) is 19.2 Å². The van der Waals surface area contributed by atoms with Gasteiger partial charge in [0.2, 0.25) is 23.6 Å². The van der Waals surface area contributed by atoms with Gasteiger partial charge in [-0.1, -0.05) is 35.9 Å². The van der Waals surface area contributed by atoms with Gasteiger partial charge in [0.1, 0.15) is 12.1 Å². The number of ether oxygens (including phenoxy) is 1. The van der Waals surface area contributed by atoms with E-state index < -0.39 is 30.0 Å². The first-order chi connectivity index (χ1) is 21.4. The molecule has 2 aliphatic heterocycles. The van der Waals surface area contributed by atoms with E-state index >= 15 is 0 Å². The summed E-state index contributed by atoms with van der Waals surface area (Å²) in [5.41, 5.74) is 3.01. The van der Waals surface area contributed by atoms with E-state index in [9.17, 15) is 24.0 Å². The van der Waals surface area contributed by atoms with Crippen molar-refractivity contribution in [3.8, 4) is 0 Å². The summed E-state index contributed by atoms with van der Waals surface area (Å²) in [6.45, 7) is 6.58. The minimum Gasteiger partial charge on any atom is -0.465 e. The van der Waals surface area contributed by atoms with E-state index in [4.69, 9.17) is 21.4 Å². The first-order valence-corrected chi connectivity index (χ1v) is 15.4. The molecule has 2 aromatic carbocycles. The van der Waals surface area contributed by atoms with Gasteiger partial charge >= 0.3 is 6.09 Å². The average molecular weight is 642 g/mol. The van der Waals surface area contributed by atoms with Crippen LogP contribution in [-0.2, 0) is 36.9 Å². The number of nitrogens with one attached hydrogen (secondary N) is 3. The van der Waals surface area contributed by atoms with Crippen molar-refractivity contribution in [2.75, 3.05) is 25.0 Å². The van der Waals surface area contributed by atoms with Crippen LogP contribution in [0.15, 0.2) is 42.5 Å². The molecule has 4 N–H and O–H groups in total. The summed E-state index contributed by atoms with van der Waals surface area (Å²) < 4.78 is 5.71. The lowest BCUT2D eigenvalue weighted by Gasteiger charge is -2.37. The fourth-order valence-electron chi connectivity index (χ4n) is 5.73. The zero-order valence-corrected chi connectivity index (χ0v) is 26.4. The van der Waals surface area contributed by atoms with Crippen molar-refractivity contribution in [2.24, 2.45) is 0 Å². The zero-order valence-electron chi connectivity index (χ0n) is 25.7. The van der Waals surface area contributed by atoms with E-state index in [2.05, 4.69) is 16.0 Å². The second kappa shape index (κ2) is 15.2. The Labute approximate surface area is 267 Å². The lowest BCUT2D eigenvalue weighted by Crippen LogP contribution is -2.56. The van der Waals surface area contributed by atoms with Crippen LogP contribution < -0.4 is 16.0 Å². The maximum absolute atomic E-state index is 13.8. The normalized spacial score (nSPS) is 20.0. The molecule has 0 spiro atoms. The van der Waals surface area contributed by atoms with Crippen molar-refractivity contribution in [3.05, 3.63) is 64.2 Å². The predicted octanol–water partition coefficient (Wildman–Crippen LogP) is 3.10. The zero-order chi connectivity index (χ0) is 32.7. The number of carbonyl (C=O) groups is 5. The smallest absolute Gasteiger partial charge is 0.404 e. The summed E-state index contributed by atoms with van der Waals surface area (Å²) >= 11 is 6.11. The highest BCUT2D eigenvalue weighted by atomic mass is 35.5. The third-order valence-electron chi connectivity index (χ3n) is 7.96. The number of morpholine rings is 1. The van der Waals surface area contributed by atoms with Crippen LogP contribution in [0.4, 0.5) is 10.5 Å². The number of carbonyl (C=O) groups excluding carboxylic acids is 4. The minimum atomic E-state index is -1.26. The maximum Gasteiger partial charge on any atom is 0.404 e. The molecule has 45 heavy (non-hydrogen) atoms. The molecule has 13 heteroatoms. The standard InChI is InChI=1S/C32H40ClN5O7/c1-19-14-24(8-9-25(19)33)35-30(41)26(12-13-34-32(43)44)36-31(42)27-15-22-6-4-5-7-23(22)18-38(27)29(40)11-10-28(39)37-16-20(2)45-21(3)17-37/h4-9,14,20-21,26-27,34H,10-13,15-18H2,1-3H3,(H,35,41)(H,36,42)(H,43,44)/t20-,21+,26-,27-/m0/s1. The number of hydrogen-bond acceptors (Lipinski definition) is 6. The fourth-order valence-corrected chi connectivity index (χ4v) is 5.85. The van der Waals surface area contributed by atoms with Crippen molar-refractivity contribution in [1.82, 2.24) is 20.4 Å². The van der Waals surface area contributed by atoms with Gasteiger partial charge in [0, 0.05) is 56.2 Å². The Morgan fingerprint density at radius 1 is 1.00 bits per heavy atom. The van der Waals surface area contributed by atoms with E-state index in [0.717, 1.165) is 16.7 Å². The Balaban J connectivity index is 1.49. The van der Waals surface area contributed by atoms with Gasteiger partial charge in [0.15, 0.2) is 0 Å². The minimum absolute atomic E-state index is 0.00282. The average Bonchev–Trinajstić information content (AvgIpc) is 2.99. The molecule has 0 saturated carbocycles. The molecule has 0 radical (unpaired) electrons. The summed E-state index contributed by atoms with van der Waals surface area (Å²) in [7, 11) is 0. The molecule has 0 aliphatic carbocycles. The summed E-state index contributed by atoms with van der Waals surface area (Å²) in [6, 6.07) is 10.4. The number of hydrogen-bond donors (Lipinski definition) is 4. The molecule has 0 unspecified atom stereocenters. The van der Waals surface area contributed by atoms with Crippen LogP contribution in [0.3, 0.4) is 0 Å². The largest absolute Gasteiger partial charge is 0.465 e. The number of aryl methyl sites for hydroxylation is 1. The van der Waals surface area contributed by atoms with Gasteiger partial charge in [-0.15, -0.1) is 0 Å². The number of halogens is 1. The van der Waals surface area contributed by atoms with E-state index in [0.29, 0.717) is 23.8 Å². The first-order valence-electron chi connectivity index (χ1n) is 15.0. The quantitative estimate of drug-likeness (QED) is 0.310. The van der Waals surface area contributed by atoms with Crippen molar-refractivity contribution in [3.63, 3.8) is 0 Å². The molecule has 1 saturated heterocycles. The number of anilines is 1. The van der Waals surface area contributed by atoms with Gasteiger partial charge in [0.25, 0.3) is 0 Å². The molecule has 12 nitrogen and oxygen atoms in total. The van der Waals surface area contributed by atoms with Gasteiger partial charge in [0.05, 0.1) is 12.2 Å². The van der Waals surface area contributed by atoms with Crippen LogP contribution in [0.2, 0.25) is 5.02 Å². The van der Waals surface area contributed by atoms with E-state index in [1.54, 1.807) is 30.0 Å². The summed E-state index contributed by atoms with van der Waals surface area (Å²) in [5, 5.41) is 17.3.